The maximum Gasteiger partial charge on any atom is 0.111 e. The summed E-state index contributed by atoms with van der Waals surface area (Å²) in [4.78, 5) is 4.84. The fourth-order valence-corrected chi connectivity index (χ4v) is 3.77. The highest BCUT2D eigenvalue weighted by Gasteiger charge is 2.27. The van der Waals surface area contributed by atoms with E-state index in [0.717, 1.165) is 30.8 Å². The molecule has 1 saturated carbocycles. The highest BCUT2D eigenvalue weighted by molar-refractivity contribution is 5.75. The molecule has 1 aliphatic rings. The zero-order valence-electron chi connectivity index (χ0n) is 13.3. The molecule has 1 heterocycles. The van der Waals surface area contributed by atoms with Crippen LogP contribution in [0.4, 0.5) is 0 Å². The highest BCUT2D eigenvalue weighted by atomic mass is 15.1. The summed E-state index contributed by atoms with van der Waals surface area (Å²) in [6.07, 6.45) is 5.95. The second-order valence-electron chi connectivity index (χ2n) is 6.71. The van der Waals surface area contributed by atoms with Crippen LogP contribution in [0.2, 0.25) is 0 Å². The molecule has 0 amide bonds. The Morgan fingerprint density at radius 2 is 2.14 bits per heavy atom. The van der Waals surface area contributed by atoms with Crippen molar-refractivity contribution in [1.82, 2.24) is 9.55 Å². The van der Waals surface area contributed by atoms with Crippen LogP contribution in [-0.2, 0) is 13.0 Å². The van der Waals surface area contributed by atoms with Crippen LogP contribution >= 0.6 is 0 Å². The number of nitrogens with two attached hydrogens (primary N) is 1. The minimum absolute atomic E-state index is 0.252. The van der Waals surface area contributed by atoms with E-state index < -0.39 is 0 Å². The van der Waals surface area contributed by atoms with Crippen LogP contribution < -0.4 is 5.73 Å². The summed E-state index contributed by atoms with van der Waals surface area (Å²) in [5, 5.41) is 0. The zero-order valence-corrected chi connectivity index (χ0v) is 13.3. The van der Waals surface area contributed by atoms with E-state index in [4.69, 9.17) is 10.7 Å². The number of para-hydroxylation sites is 2. The van der Waals surface area contributed by atoms with Gasteiger partial charge < -0.3 is 10.3 Å². The fourth-order valence-electron chi connectivity index (χ4n) is 3.77. The monoisotopic (exact) mass is 285 g/mol. The van der Waals surface area contributed by atoms with Crippen LogP contribution in [-0.4, -0.2) is 15.6 Å². The van der Waals surface area contributed by atoms with Crippen LogP contribution in [0, 0.1) is 11.8 Å². The molecule has 114 valence electrons. The Morgan fingerprint density at radius 3 is 2.86 bits per heavy atom. The minimum Gasteiger partial charge on any atom is -0.328 e. The van der Waals surface area contributed by atoms with Gasteiger partial charge >= 0.3 is 0 Å². The summed E-state index contributed by atoms with van der Waals surface area (Å²) >= 11 is 0. The number of hydrogen-bond acceptors (Lipinski definition) is 2. The molecule has 3 unspecified atom stereocenters. The molecule has 3 rings (SSSR count). The van der Waals surface area contributed by atoms with Crippen molar-refractivity contribution in [3.8, 4) is 0 Å². The first-order valence-corrected chi connectivity index (χ1v) is 8.38. The molecule has 3 heteroatoms. The number of rotatable bonds is 5. The van der Waals surface area contributed by atoms with Gasteiger partial charge in [-0.15, -0.1) is 0 Å². The van der Waals surface area contributed by atoms with Gasteiger partial charge in [0.25, 0.3) is 0 Å². The maximum atomic E-state index is 6.51. The molecule has 1 aromatic carbocycles. The van der Waals surface area contributed by atoms with Gasteiger partial charge in [-0.1, -0.05) is 32.4 Å². The lowest BCUT2D eigenvalue weighted by Gasteiger charge is -2.19. The average Bonchev–Trinajstić information content (AvgIpc) is 3.04. The van der Waals surface area contributed by atoms with Crippen LogP contribution in [0.1, 0.15) is 45.4 Å². The number of benzene rings is 1. The van der Waals surface area contributed by atoms with E-state index in [0.29, 0.717) is 5.92 Å². The summed E-state index contributed by atoms with van der Waals surface area (Å²) in [7, 11) is 0. The lowest BCUT2D eigenvalue weighted by atomic mass is 9.95. The van der Waals surface area contributed by atoms with Crippen molar-refractivity contribution in [2.24, 2.45) is 17.6 Å². The van der Waals surface area contributed by atoms with Crippen molar-refractivity contribution in [2.45, 2.75) is 58.5 Å². The molecule has 0 aliphatic heterocycles. The second kappa shape index (κ2) is 6.18. The van der Waals surface area contributed by atoms with Gasteiger partial charge in [0.1, 0.15) is 5.82 Å². The van der Waals surface area contributed by atoms with Gasteiger partial charge in [-0.05, 0) is 43.2 Å². The molecule has 0 spiro atoms. The molecule has 0 radical (unpaired) electrons. The molecule has 0 saturated heterocycles. The molecule has 3 nitrogen and oxygen atoms in total. The van der Waals surface area contributed by atoms with Gasteiger partial charge in [-0.2, -0.15) is 0 Å². The first kappa shape index (κ1) is 14.6. The number of hydrogen-bond donors (Lipinski definition) is 1. The Balaban J connectivity index is 1.84. The van der Waals surface area contributed by atoms with Crippen molar-refractivity contribution in [3.63, 3.8) is 0 Å². The van der Waals surface area contributed by atoms with E-state index in [1.54, 1.807) is 0 Å². The Labute approximate surface area is 127 Å². The molecule has 1 aromatic heterocycles. The molecule has 2 aromatic rings. The van der Waals surface area contributed by atoms with E-state index in [-0.39, 0.29) is 6.04 Å². The van der Waals surface area contributed by atoms with E-state index >= 15 is 0 Å². The molecular weight excluding hydrogens is 258 g/mol. The maximum absolute atomic E-state index is 6.51. The van der Waals surface area contributed by atoms with E-state index in [1.165, 1.54) is 30.6 Å². The zero-order chi connectivity index (χ0) is 14.8. The number of imidazole rings is 1. The molecule has 1 aliphatic carbocycles. The van der Waals surface area contributed by atoms with E-state index in [9.17, 15) is 0 Å². The van der Waals surface area contributed by atoms with Crippen LogP contribution in [0.5, 0.6) is 0 Å². The number of aromatic nitrogens is 2. The summed E-state index contributed by atoms with van der Waals surface area (Å²) in [6.45, 7) is 5.60. The molecular formula is C18H27N3. The van der Waals surface area contributed by atoms with Crippen molar-refractivity contribution in [1.29, 1.82) is 0 Å². The van der Waals surface area contributed by atoms with E-state index in [1.807, 2.05) is 0 Å². The van der Waals surface area contributed by atoms with Crippen molar-refractivity contribution < 1.29 is 0 Å². The Morgan fingerprint density at radius 1 is 1.33 bits per heavy atom. The lowest BCUT2D eigenvalue weighted by molar-refractivity contribution is 0.405. The number of nitrogens with zero attached hydrogens (tertiary/aromatic N) is 2. The lowest BCUT2D eigenvalue weighted by Crippen LogP contribution is -2.32. The average molecular weight is 285 g/mol. The largest absolute Gasteiger partial charge is 0.328 e. The van der Waals surface area contributed by atoms with Crippen LogP contribution in [0.15, 0.2) is 24.3 Å². The molecule has 21 heavy (non-hydrogen) atoms. The molecule has 2 N–H and O–H groups in total. The second-order valence-corrected chi connectivity index (χ2v) is 6.71. The standard InChI is InChI=1S/C18H27N3/c1-3-10-21-17-7-5-4-6-16(17)20-18(21)12-15(19)14-9-8-13(2)11-14/h4-7,13-15H,3,8-12,19H2,1-2H3. The predicted molar refractivity (Wildman–Crippen MR) is 88.2 cm³/mol. The Bertz CT molecular complexity index is 602. The third kappa shape index (κ3) is 2.98. The highest BCUT2D eigenvalue weighted by Crippen LogP contribution is 2.33. The summed E-state index contributed by atoms with van der Waals surface area (Å²) in [6, 6.07) is 8.69. The summed E-state index contributed by atoms with van der Waals surface area (Å²) < 4.78 is 2.37. The SMILES string of the molecule is CCCn1c(CC(N)C2CCC(C)C2)nc2ccccc21. The van der Waals surface area contributed by atoms with Gasteiger partial charge in [-0.25, -0.2) is 4.98 Å². The Kier molecular flexibility index (Phi) is 4.29. The number of aryl methyl sites for hydroxylation is 1. The quantitative estimate of drug-likeness (QED) is 0.909. The summed E-state index contributed by atoms with van der Waals surface area (Å²) in [5.74, 6) is 2.69. The first-order chi connectivity index (χ1) is 10.2. The van der Waals surface area contributed by atoms with Crippen molar-refractivity contribution in [2.75, 3.05) is 0 Å². The molecule has 1 fully saturated rings. The van der Waals surface area contributed by atoms with Gasteiger partial charge in [-0.3, -0.25) is 0 Å². The van der Waals surface area contributed by atoms with Gasteiger partial charge in [0.05, 0.1) is 11.0 Å². The van der Waals surface area contributed by atoms with Crippen LogP contribution in [0.25, 0.3) is 11.0 Å². The van der Waals surface area contributed by atoms with Gasteiger partial charge in [0, 0.05) is 19.0 Å². The topological polar surface area (TPSA) is 43.8 Å². The normalized spacial score (nSPS) is 23.8. The van der Waals surface area contributed by atoms with Crippen molar-refractivity contribution >= 4 is 11.0 Å². The number of fused-ring (bicyclic) bond motifs is 1. The Hall–Kier alpha value is -1.35. The molecule has 0 bridgehead atoms. The third-order valence-electron chi connectivity index (χ3n) is 4.94. The molecule has 3 atom stereocenters. The van der Waals surface area contributed by atoms with Crippen molar-refractivity contribution in [3.05, 3.63) is 30.1 Å². The van der Waals surface area contributed by atoms with Gasteiger partial charge in [0.2, 0.25) is 0 Å². The van der Waals surface area contributed by atoms with Gasteiger partial charge in [0.15, 0.2) is 0 Å². The first-order valence-electron chi connectivity index (χ1n) is 8.38. The summed E-state index contributed by atoms with van der Waals surface area (Å²) in [5.41, 5.74) is 8.86. The predicted octanol–water partition coefficient (Wildman–Crippen LogP) is 3.75. The third-order valence-corrected chi connectivity index (χ3v) is 4.94. The van der Waals surface area contributed by atoms with E-state index in [2.05, 4.69) is 42.7 Å². The van der Waals surface area contributed by atoms with Crippen LogP contribution in [0.3, 0.4) is 0 Å². The fraction of sp³-hybridized carbons (Fsp3) is 0.611. The minimum atomic E-state index is 0.252. The smallest absolute Gasteiger partial charge is 0.111 e.